The summed E-state index contributed by atoms with van der Waals surface area (Å²) in [6.07, 6.45) is -5.21. The zero-order chi connectivity index (χ0) is 35.7. The Labute approximate surface area is 275 Å². The first-order valence-corrected chi connectivity index (χ1v) is 15.7. The van der Waals surface area contributed by atoms with Crippen molar-refractivity contribution in [3.05, 3.63) is 79.6 Å². The second-order valence-corrected chi connectivity index (χ2v) is 11.8. The maximum atomic E-state index is 15.4. The number of hydrogen-bond acceptors (Lipinski definition) is 7. The van der Waals surface area contributed by atoms with Gasteiger partial charge >= 0.3 is 12.1 Å². The summed E-state index contributed by atoms with van der Waals surface area (Å²) in [5, 5.41) is 22.9. The van der Waals surface area contributed by atoms with Crippen molar-refractivity contribution in [1.29, 1.82) is 0 Å². The van der Waals surface area contributed by atoms with E-state index in [1.165, 1.54) is 17.6 Å². The quantitative estimate of drug-likeness (QED) is 0.318. The van der Waals surface area contributed by atoms with Crippen LogP contribution in [0.15, 0.2) is 29.1 Å². The topological polar surface area (TPSA) is 134 Å². The van der Waals surface area contributed by atoms with Gasteiger partial charge in [0.2, 0.25) is 0 Å². The smallest absolute Gasteiger partial charge is 0.411 e. The van der Waals surface area contributed by atoms with Crippen molar-refractivity contribution < 1.29 is 42.1 Å². The fraction of sp³-hybridized carbons (Fsp3) is 0.471. The third-order valence-corrected chi connectivity index (χ3v) is 8.84. The van der Waals surface area contributed by atoms with Crippen LogP contribution < -0.4 is 15.8 Å². The number of alkyl halides is 3. The number of hydrogen-bond donors (Lipinski definition) is 3. The number of morpholine rings is 1. The normalized spacial score (nSPS) is 18.1. The molecule has 1 aromatic heterocycles. The van der Waals surface area contributed by atoms with Gasteiger partial charge in [0.1, 0.15) is 23.6 Å². The molecule has 3 aromatic rings. The standard InChI is InChI=1S/C32H34F4N4O6.C2H6/c1-15-9-19(40-7-8-46-14-26(40)32(34,35)36)11-24(33)27(15)29(42)38-25(31(44)45)10-18-5-6-21(23-13-20(41)12-22(18)23)28-30(43)39(4)17(3)16(2)37-28;1-2/h5-6,9,11,20,25-26,41H,7-8,10,12-14H2,1-4H3,(H,38,42)(H,44,45);1-2H3/t20?,25-,26+;/m0./s1. The Balaban J connectivity index is 0.00000255. The molecule has 10 nitrogen and oxygen atoms in total. The molecular formula is C34H40F4N4O6. The van der Waals surface area contributed by atoms with Gasteiger partial charge in [-0.05, 0) is 68.0 Å². The van der Waals surface area contributed by atoms with E-state index in [0.29, 0.717) is 33.6 Å². The number of carbonyl (C=O) groups is 2. The van der Waals surface area contributed by atoms with E-state index in [2.05, 4.69) is 10.3 Å². The van der Waals surface area contributed by atoms with Crippen LogP contribution in [0, 0.1) is 26.6 Å². The minimum atomic E-state index is -4.63. The molecule has 0 saturated carbocycles. The van der Waals surface area contributed by atoms with Crippen molar-refractivity contribution in [2.45, 2.75) is 78.2 Å². The van der Waals surface area contributed by atoms with Gasteiger partial charge in [0, 0.05) is 37.0 Å². The molecule has 1 fully saturated rings. The zero-order valence-corrected chi connectivity index (χ0v) is 27.7. The van der Waals surface area contributed by atoms with Gasteiger partial charge in [-0.3, -0.25) is 9.59 Å². The first-order valence-electron chi connectivity index (χ1n) is 15.7. The van der Waals surface area contributed by atoms with Gasteiger partial charge in [0.05, 0.1) is 30.6 Å². The fourth-order valence-electron chi connectivity index (χ4n) is 6.22. The lowest BCUT2D eigenvalue weighted by Gasteiger charge is -2.38. The number of fused-ring (bicyclic) bond motifs is 1. The van der Waals surface area contributed by atoms with Crippen LogP contribution in [0.25, 0.3) is 11.3 Å². The molecule has 1 aliphatic carbocycles. The molecule has 1 aliphatic heterocycles. The molecule has 0 radical (unpaired) electrons. The molecule has 0 bridgehead atoms. The van der Waals surface area contributed by atoms with Crippen molar-refractivity contribution in [3.63, 3.8) is 0 Å². The molecule has 3 atom stereocenters. The molecule has 2 aliphatic rings. The number of rotatable bonds is 7. The second kappa shape index (κ2) is 14.4. The molecule has 2 heterocycles. The molecule has 1 unspecified atom stereocenters. The third-order valence-electron chi connectivity index (χ3n) is 8.84. The number of carbonyl (C=O) groups excluding carboxylic acids is 1. The number of halogens is 4. The number of nitrogens with zero attached hydrogens (tertiary/aromatic N) is 3. The Morgan fingerprint density at radius 2 is 1.79 bits per heavy atom. The fourth-order valence-corrected chi connectivity index (χ4v) is 6.22. The highest BCUT2D eigenvalue weighted by molar-refractivity contribution is 5.98. The largest absolute Gasteiger partial charge is 0.480 e. The van der Waals surface area contributed by atoms with E-state index in [0.717, 1.165) is 11.0 Å². The van der Waals surface area contributed by atoms with E-state index in [-0.39, 0.29) is 54.9 Å². The minimum Gasteiger partial charge on any atom is -0.480 e. The van der Waals surface area contributed by atoms with Gasteiger partial charge in [-0.25, -0.2) is 14.2 Å². The van der Waals surface area contributed by atoms with Crippen LogP contribution in [0.4, 0.5) is 23.2 Å². The predicted octanol–water partition coefficient (Wildman–Crippen LogP) is 4.19. The second-order valence-electron chi connectivity index (χ2n) is 11.8. The number of carboxylic acid groups (broad SMARTS) is 1. The van der Waals surface area contributed by atoms with E-state index in [9.17, 15) is 37.8 Å². The highest BCUT2D eigenvalue weighted by Gasteiger charge is 2.45. The molecule has 1 amide bonds. The summed E-state index contributed by atoms with van der Waals surface area (Å²) in [5.74, 6) is -3.54. The summed E-state index contributed by atoms with van der Waals surface area (Å²) in [6, 6.07) is 1.87. The lowest BCUT2D eigenvalue weighted by atomic mass is 9.92. The molecule has 1 saturated heterocycles. The highest BCUT2D eigenvalue weighted by atomic mass is 19.4. The summed E-state index contributed by atoms with van der Waals surface area (Å²) in [5.41, 5.74) is 3.06. The average Bonchev–Trinajstić information content (AvgIpc) is 3.43. The Morgan fingerprint density at radius 1 is 1.12 bits per heavy atom. The molecule has 2 aromatic carbocycles. The van der Waals surface area contributed by atoms with E-state index in [1.807, 2.05) is 13.8 Å². The molecule has 3 N–H and O–H groups in total. The van der Waals surface area contributed by atoms with Crippen molar-refractivity contribution in [2.75, 3.05) is 24.7 Å². The van der Waals surface area contributed by atoms with Crippen molar-refractivity contribution in [1.82, 2.24) is 14.9 Å². The molecule has 5 rings (SSSR count). The maximum Gasteiger partial charge on any atom is 0.411 e. The Bertz CT molecular complexity index is 1750. The van der Waals surface area contributed by atoms with Gasteiger partial charge in [0.25, 0.3) is 11.5 Å². The predicted molar refractivity (Wildman–Crippen MR) is 171 cm³/mol. The summed E-state index contributed by atoms with van der Waals surface area (Å²) >= 11 is 0. The number of amides is 1. The Kier molecular flexibility index (Phi) is 11.0. The number of carboxylic acids is 1. The average molecular weight is 677 g/mol. The lowest BCUT2D eigenvalue weighted by Crippen LogP contribution is -2.53. The van der Waals surface area contributed by atoms with Crippen LogP contribution in [0.2, 0.25) is 0 Å². The van der Waals surface area contributed by atoms with Gasteiger partial charge in [-0.1, -0.05) is 26.0 Å². The third kappa shape index (κ3) is 7.24. The number of aliphatic carboxylic acids is 1. The zero-order valence-electron chi connectivity index (χ0n) is 27.7. The molecule has 48 heavy (non-hydrogen) atoms. The summed E-state index contributed by atoms with van der Waals surface area (Å²) < 4.78 is 62.6. The molecule has 0 spiro atoms. The maximum absolute atomic E-state index is 15.4. The number of anilines is 1. The number of aromatic nitrogens is 2. The number of nitrogens with one attached hydrogen (secondary N) is 1. The highest BCUT2D eigenvalue weighted by Crippen LogP contribution is 2.35. The molecular weight excluding hydrogens is 636 g/mol. The first kappa shape index (κ1) is 36.5. The van der Waals surface area contributed by atoms with E-state index in [4.69, 9.17) is 4.74 Å². The Morgan fingerprint density at radius 3 is 2.42 bits per heavy atom. The van der Waals surface area contributed by atoms with Crippen LogP contribution in [0.5, 0.6) is 0 Å². The van der Waals surface area contributed by atoms with Crippen molar-refractivity contribution in [3.8, 4) is 11.3 Å². The Hall–Kier alpha value is -4.30. The number of aliphatic hydroxyl groups is 1. The summed E-state index contributed by atoms with van der Waals surface area (Å²) in [6.45, 7) is 8.17. The van der Waals surface area contributed by atoms with Crippen molar-refractivity contribution >= 4 is 17.6 Å². The number of aryl methyl sites for hydroxylation is 2. The van der Waals surface area contributed by atoms with Crippen LogP contribution in [-0.2, 0) is 35.8 Å². The summed E-state index contributed by atoms with van der Waals surface area (Å²) in [7, 11) is 1.64. The van der Waals surface area contributed by atoms with Gasteiger partial charge in [-0.2, -0.15) is 13.2 Å². The van der Waals surface area contributed by atoms with E-state index < -0.39 is 54.2 Å². The lowest BCUT2D eigenvalue weighted by molar-refractivity contribution is -0.167. The van der Waals surface area contributed by atoms with Gasteiger partial charge < -0.3 is 29.7 Å². The van der Waals surface area contributed by atoms with Gasteiger partial charge in [0.15, 0.2) is 0 Å². The van der Waals surface area contributed by atoms with Crippen LogP contribution in [0.1, 0.15) is 57.8 Å². The number of ether oxygens (including phenoxy) is 1. The monoisotopic (exact) mass is 676 g/mol. The van der Waals surface area contributed by atoms with E-state index >= 15 is 4.39 Å². The number of benzene rings is 2. The van der Waals surface area contributed by atoms with Crippen LogP contribution in [0.3, 0.4) is 0 Å². The first-order chi connectivity index (χ1) is 22.6. The summed E-state index contributed by atoms with van der Waals surface area (Å²) in [4.78, 5) is 44.1. The number of aliphatic hydroxyl groups excluding tert-OH is 1. The van der Waals surface area contributed by atoms with Crippen LogP contribution >= 0.6 is 0 Å². The van der Waals surface area contributed by atoms with E-state index in [1.54, 1.807) is 33.0 Å². The minimum absolute atomic E-state index is 0.00924. The molecule has 14 heteroatoms. The van der Waals surface area contributed by atoms with Crippen LogP contribution in [-0.4, -0.2) is 75.8 Å². The van der Waals surface area contributed by atoms with Gasteiger partial charge in [-0.15, -0.1) is 0 Å². The van der Waals surface area contributed by atoms with Crippen molar-refractivity contribution in [2.24, 2.45) is 7.05 Å². The molecule has 260 valence electrons. The SMILES string of the molecule is CC.Cc1cc(N2CCOC[C@@H]2C(F)(F)F)cc(F)c1C(=O)N[C@@H](Cc1ccc(-c2nc(C)c(C)n(C)c2=O)c2c1CC(O)C2)C(=O)O.